The van der Waals surface area contributed by atoms with Crippen LogP contribution >= 0.6 is 0 Å². The molecule has 4 nitrogen and oxygen atoms in total. The minimum absolute atomic E-state index is 0.336. The Balaban J connectivity index is 1.10. The third kappa shape index (κ3) is 5.25. The van der Waals surface area contributed by atoms with Crippen LogP contribution in [0.2, 0.25) is 0 Å². The molecule has 1 N–H and O–H groups in total. The van der Waals surface area contributed by atoms with Crippen molar-refractivity contribution < 1.29 is 4.42 Å². The summed E-state index contributed by atoms with van der Waals surface area (Å²) >= 11 is 0. The van der Waals surface area contributed by atoms with Gasteiger partial charge in [-0.2, -0.15) is 0 Å². The summed E-state index contributed by atoms with van der Waals surface area (Å²) in [5, 5.41) is 10.5. The number of aliphatic imine (C=N–C) groups is 2. The highest BCUT2D eigenvalue weighted by Gasteiger charge is 2.24. The number of rotatable bonds is 5. The first-order valence-electron chi connectivity index (χ1n) is 17.3. The van der Waals surface area contributed by atoms with E-state index in [1.807, 2.05) is 18.2 Å². The van der Waals surface area contributed by atoms with Crippen LogP contribution in [-0.2, 0) is 0 Å². The van der Waals surface area contributed by atoms with E-state index >= 15 is 0 Å². The molecule has 1 atom stereocenters. The average Bonchev–Trinajstić information content (AvgIpc) is 3.59. The molecule has 51 heavy (non-hydrogen) atoms. The van der Waals surface area contributed by atoms with Gasteiger partial charge in [0.2, 0.25) is 0 Å². The van der Waals surface area contributed by atoms with Gasteiger partial charge in [0, 0.05) is 21.9 Å². The Kier molecular flexibility index (Phi) is 6.85. The summed E-state index contributed by atoms with van der Waals surface area (Å²) < 4.78 is 6.54. The lowest BCUT2D eigenvalue weighted by Gasteiger charge is -2.24. The number of nitrogens with one attached hydrogen (secondary N) is 1. The monoisotopic (exact) mass is 653 g/mol. The fourth-order valence-corrected chi connectivity index (χ4v) is 7.27. The lowest BCUT2D eigenvalue weighted by atomic mass is 9.99. The average molecular weight is 654 g/mol. The largest absolute Gasteiger partial charge is 0.456 e. The second-order valence-corrected chi connectivity index (χ2v) is 13.1. The van der Waals surface area contributed by atoms with Crippen molar-refractivity contribution in [3.05, 3.63) is 193 Å². The molecule has 0 radical (unpaired) electrons. The first-order chi connectivity index (χ1) is 25.2. The number of nitrogens with zero attached hydrogens (tertiary/aromatic N) is 2. The molecule has 1 unspecified atom stereocenters. The summed E-state index contributed by atoms with van der Waals surface area (Å²) in [5.41, 5.74) is 9.28. The molecule has 2 heterocycles. The molecular weight excluding hydrogens is 623 g/mol. The quantitative estimate of drug-likeness (QED) is 0.201. The third-order valence-corrected chi connectivity index (χ3v) is 9.92. The molecule has 9 aromatic rings. The number of fused-ring (bicyclic) bond motifs is 5. The predicted molar refractivity (Wildman–Crippen MR) is 211 cm³/mol. The van der Waals surface area contributed by atoms with Crippen LogP contribution in [0.4, 0.5) is 0 Å². The van der Waals surface area contributed by atoms with E-state index in [0.29, 0.717) is 5.84 Å². The number of benzene rings is 8. The first kappa shape index (κ1) is 29.2. The summed E-state index contributed by atoms with van der Waals surface area (Å²) in [5.74, 6) is 1.45. The SMILES string of the molecule is c1ccc(-c2ccc(C3N=C(c4cccc5oc6cc(-c7ccc8ccccc8c7)ccc6c45)N=C(c4ccc5ccccc5c4)N3)cc2)cc1. The molecule has 0 amide bonds. The first-order valence-corrected chi connectivity index (χ1v) is 17.3. The zero-order valence-electron chi connectivity index (χ0n) is 27.6. The van der Waals surface area contributed by atoms with Gasteiger partial charge in [-0.15, -0.1) is 0 Å². The Hall–Kier alpha value is -6.78. The molecule has 0 fully saturated rings. The van der Waals surface area contributed by atoms with Crippen molar-refractivity contribution in [1.29, 1.82) is 0 Å². The molecule has 1 aliphatic rings. The Morgan fingerprint density at radius 3 is 1.82 bits per heavy atom. The molecule has 1 aliphatic heterocycles. The van der Waals surface area contributed by atoms with Crippen molar-refractivity contribution >= 4 is 55.2 Å². The predicted octanol–water partition coefficient (Wildman–Crippen LogP) is 11.7. The zero-order chi connectivity index (χ0) is 33.7. The molecule has 0 spiro atoms. The van der Waals surface area contributed by atoms with E-state index in [1.54, 1.807) is 0 Å². The van der Waals surface area contributed by atoms with Crippen molar-refractivity contribution in [2.75, 3.05) is 0 Å². The maximum absolute atomic E-state index is 6.54. The van der Waals surface area contributed by atoms with Crippen LogP contribution in [-0.4, -0.2) is 11.7 Å². The molecule has 8 aromatic carbocycles. The van der Waals surface area contributed by atoms with Gasteiger partial charge in [0.05, 0.1) is 0 Å². The van der Waals surface area contributed by atoms with E-state index in [2.05, 4.69) is 163 Å². The van der Waals surface area contributed by atoms with Gasteiger partial charge in [-0.3, -0.25) is 0 Å². The fourth-order valence-electron chi connectivity index (χ4n) is 7.27. The highest BCUT2D eigenvalue weighted by Crippen LogP contribution is 2.36. The highest BCUT2D eigenvalue weighted by atomic mass is 16.3. The van der Waals surface area contributed by atoms with E-state index in [9.17, 15) is 0 Å². The maximum Gasteiger partial charge on any atom is 0.160 e. The molecule has 0 saturated carbocycles. The van der Waals surface area contributed by atoms with Crippen LogP contribution in [0.1, 0.15) is 22.9 Å². The second-order valence-electron chi connectivity index (χ2n) is 13.1. The molecule has 0 bridgehead atoms. The Bertz CT molecular complexity index is 2830. The molecule has 240 valence electrons. The minimum atomic E-state index is -0.336. The van der Waals surface area contributed by atoms with Gasteiger partial charge in [0.15, 0.2) is 5.84 Å². The van der Waals surface area contributed by atoms with Crippen LogP contribution < -0.4 is 5.32 Å². The third-order valence-electron chi connectivity index (χ3n) is 9.92. The molecule has 10 rings (SSSR count). The van der Waals surface area contributed by atoms with E-state index in [1.165, 1.54) is 27.3 Å². The maximum atomic E-state index is 6.54. The normalized spacial score (nSPS) is 14.5. The van der Waals surface area contributed by atoms with Crippen LogP contribution in [0.15, 0.2) is 190 Å². The van der Waals surface area contributed by atoms with Gasteiger partial charge >= 0.3 is 0 Å². The molecule has 4 heteroatoms. The number of furan rings is 1. The van der Waals surface area contributed by atoms with Gasteiger partial charge in [0.25, 0.3) is 0 Å². The topological polar surface area (TPSA) is 49.9 Å². The van der Waals surface area contributed by atoms with Gasteiger partial charge in [-0.05, 0) is 79.7 Å². The fraction of sp³-hybridized carbons (Fsp3) is 0.0213. The minimum Gasteiger partial charge on any atom is -0.456 e. The highest BCUT2D eigenvalue weighted by molar-refractivity contribution is 6.22. The van der Waals surface area contributed by atoms with Crippen molar-refractivity contribution in [3.63, 3.8) is 0 Å². The van der Waals surface area contributed by atoms with Gasteiger partial charge in [-0.1, -0.05) is 146 Å². The van der Waals surface area contributed by atoms with Crippen molar-refractivity contribution in [3.8, 4) is 22.3 Å². The standard InChI is InChI=1S/C47H31N3O/c1-2-9-30(10-3-1)33-17-21-34(22-18-33)45-48-46(39-24-20-32-12-5-7-14-36(32)28-39)50-47(49-45)41-15-8-16-42-44(41)40-26-25-38(29-43(40)51-42)37-23-19-31-11-4-6-13-35(31)27-37/h1-29,45H,(H,48,49,50). The van der Waals surface area contributed by atoms with E-state index in [-0.39, 0.29) is 6.17 Å². The van der Waals surface area contributed by atoms with Gasteiger partial charge < -0.3 is 9.73 Å². The lowest BCUT2D eigenvalue weighted by Crippen LogP contribution is -2.33. The lowest BCUT2D eigenvalue weighted by molar-refractivity contribution is 0.668. The van der Waals surface area contributed by atoms with Gasteiger partial charge in [-0.25, -0.2) is 9.98 Å². The molecule has 0 aliphatic carbocycles. The summed E-state index contributed by atoms with van der Waals surface area (Å²) in [4.78, 5) is 10.5. The number of hydrogen-bond donors (Lipinski definition) is 1. The Morgan fingerprint density at radius 1 is 0.451 bits per heavy atom. The summed E-state index contributed by atoms with van der Waals surface area (Å²) in [6.45, 7) is 0. The van der Waals surface area contributed by atoms with Crippen LogP contribution in [0, 0.1) is 0 Å². The zero-order valence-corrected chi connectivity index (χ0v) is 27.6. The van der Waals surface area contributed by atoms with E-state index in [0.717, 1.165) is 61.0 Å². The molecule has 1 aromatic heterocycles. The molecular formula is C47H31N3O. The Labute approximate surface area is 295 Å². The van der Waals surface area contributed by atoms with E-state index < -0.39 is 0 Å². The smallest absolute Gasteiger partial charge is 0.160 e. The molecule has 0 saturated heterocycles. The summed E-state index contributed by atoms with van der Waals surface area (Å²) in [7, 11) is 0. The van der Waals surface area contributed by atoms with Crippen LogP contribution in [0.5, 0.6) is 0 Å². The van der Waals surface area contributed by atoms with Crippen LogP contribution in [0.25, 0.3) is 65.7 Å². The van der Waals surface area contributed by atoms with Gasteiger partial charge in [0.1, 0.15) is 23.2 Å². The van der Waals surface area contributed by atoms with Crippen LogP contribution in [0.3, 0.4) is 0 Å². The van der Waals surface area contributed by atoms with Crippen molar-refractivity contribution in [2.45, 2.75) is 6.17 Å². The Morgan fingerprint density at radius 2 is 1.06 bits per heavy atom. The number of hydrogen-bond acceptors (Lipinski definition) is 4. The van der Waals surface area contributed by atoms with E-state index in [4.69, 9.17) is 14.4 Å². The summed E-state index contributed by atoms with van der Waals surface area (Å²) in [6.07, 6.45) is -0.336. The number of amidine groups is 2. The van der Waals surface area contributed by atoms with Crippen molar-refractivity contribution in [1.82, 2.24) is 5.32 Å². The second kappa shape index (κ2) is 12.0. The van der Waals surface area contributed by atoms with Crippen molar-refractivity contribution in [2.24, 2.45) is 9.98 Å². The summed E-state index contributed by atoms with van der Waals surface area (Å²) in [6, 6.07) is 61.7.